The zero-order chi connectivity index (χ0) is 15.6. The molecule has 0 saturated heterocycles. The second-order valence-electron chi connectivity index (χ2n) is 4.23. The predicted octanol–water partition coefficient (Wildman–Crippen LogP) is 2.69. The Morgan fingerprint density at radius 3 is 2.38 bits per heavy atom. The minimum absolute atomic E-state index is 0.0212. The Bertz CT molecular complexity index is 731. The van der Waals surface area contributed by atoms with Gasteiger partial charge in [0.25, 0.3) is 5.91 Å². The van der Waals surface area contributed by atoms with Crippen LogP contribution in [-0.4, -0.2) is 22.1 Å². The van der Waals surface area contributed by atoms with Gasteiger partial charge in [-0.3, -0.25) is 4.79 Å². The van der Waals surface area contributed by atoms with Crippen LogP contribution in [0.3, 0.4) is 0 Å². The molecular formula is C14H11BrN2O4. The second-order valence-corrected chi connectivity index (χ2v) is 5.08. The summed E-state index contributed by atoms with van der Waals surface area (Å²) in [6.07, 6.45) is 0. The highest BCUT2D eigenvalue weighted by atomic mass is 79.9. The number of amides is 1. The molecule has 0 radical (unpaired) electrons. The lowest BCUT2D eigenvalue weighted by molar-refractivity contribution is 0.0696. The molecular weight excluding hydrogens is 340 g/mol. The summed E-state index contributed by atoms with van der Waals surface area (Å²) in [7, 11) is 0. The fourth-order valence-electron chi connectivity index (χ4n) is 1.63. The number of nitrogen functional groups attached to an aromatic ring is 1. The van der Waals surface area contributed by atoms with Gasteiger partial charge in [0.1, 0.15) is 5.75 Å². The summed E-state index contributed by atoms with van der Waals surface area (Å²) in [4.78, 5) is 23.0. The van der Waals surface area contributed by atoms with Crippen molar-refractivity contribution in [3.63, 3.8) is 0 Å². The smallest absolute Gasteiger partial charge is 0.335 e. The van der Waals surface area contributed by atoms with Crippen molar-refractivity contribution in [1.29, 1.82) is 0 Å². The summed E-state index contributed by atoms with van der Waals surface area (Å²) >= 11 is 3.21. The third-order valence-corrected chi connectivity index (χ3v) is 3.44. The summed E-state index contributed by atoms with van der Waals surface area (Å²) in [5.74, 6) is -1.86. The van der Waals surface area contributed by atoms with Crippen LogP contribution in [0.2, 0.25) is 0 Å². The molecule has 0 aliphatic carbocycles. The van der Waals surface area contributed by atoms with E-state index >= 15 is 0 Å². The van der Waals surface area contributed by atoms with Gasteiger partial charge in [0.05, 0.1) is 11.3 Å². The topological polar surface area (TPSA) is 113 Å². The molecule has 1 amide bonds. The SMILES string of the molecule is Nc1ccc(C(=O)Nc2cc(C(=O)O)ccc2O)cc1Br. The summed E-state index contributed by atoms with van der Waals surface area (Å²) < 4.78 is 0.568. The van der Waals surface area contributed by atoms with E-state index in [1.807, 2.05) is 0 Å². The van der Waals surface area contributed by atoms with Crippen molar-refractivity contribution in [1.82, 2.24) is 0 Å². The highest BCUT2D eigenvalue weighted by molar-refractivity contribution is 9.10. The third-order valence-electron chi connectivity index (χ3n) is 2.75. The Labute approximate surface area is 128 Å². The monoisotopic (exact) mass is 350 g/mol. The molecule has 0 heterocycles. The molecule has 108 valence electrons. The number of benzene rings is 2. The van der Waals surface area contributed by atoms with E-state index in [9.17, 15) is 14.7 Å². The Balaban J connectivity index is 2.28. The number of carbonyl (C=O) groups excluding carboxylic acids is 1. The Morgan fingerprint density at radius 2 is 1.76 bits per heavy atom. The van der Waals surface area contributed by atoms with Crippen molar-refractivity contribution >= 4 is 39.2 Å². The number of phenols is 1. The van der Waals surface area contributed by atoms with Crippen LogP contribution in [-0.2, 0) is 0 Å². The molecule has 0 saturated carbocycles. The first-order chi connectivity index (χ1) is 9.88. The number of anilines is 2. The van der Waals surface area contributed by atoms with Gasteiger partial charge in [0, 0.05) is 15.7 Å². The Morgan fingerprint density at radius 1 is 1.10 bits per heavy atom. The van der Waals surface area contributed by atoms with E-state index in [0.717, 1.165) is 0 Å². The largest absolute Gasteiger partial charge is 0.506 e. The average Bonchev–Trinajstić information content (AvgIpc) is 2.43. The second kappa shape index (κ2) is 5.84. The van der Waals surface area contributed by atoms with Crippen LogP contribution in [0.1, 0.15) is 20.7 Å². The number of carboxylic acid groups (broad SMARTS) is 1. The number of phenolic OH excluding ortho intramolecular Hbond substituents is 1. The number of carboxylic acids is 1. The summed E-state index contributed by atoms with van der Waals surface area (Å²) in [6.45, 7) is 0. The number of rotatable bonds is 3. The van der Waals surface area contributed by atoms with Gasteiger partial charge in [0.2, 0.25) is 0 Å². The first kappa shape index (κ1) is 14.9. The third kappa shape index (κ3) is 3.32. The van der Waals surface area contributed by atoms with E-state index in [1.165, 1.54) is 30.3 Å². The van der Waals surface area contributed by atoms with Gasteiger partial charge >= 0.3 is 5.97 Å². The van der Waals surface area contributed by atoms with Gasteiger partial charge in [-0.15, -0.1) is 0 Å². The van der Waals surface area contributed by atoms with Crippen LogP contribution >= 0.6 is 15.9 Å². The molecule has 6 nitrogen and oxygen atoms in total. The van der Waals surface area contributed by atoms with Crippen molar-refractivity contribution in [2.75, 3.05) is 11.1 Å². The predicted molar refractivity (Wildman–Crippen MR) is 81.6 cm³/mol. The standard InChI is InChI=1S/C14H11BrN2O4/c15-9-5-7(1-3-10(9)16)13(19)17-11-6-8(14(20)21)2-4-12(11)18/h1-6,18H,16H2,(H,17,19)(H,20,21). The van der Waals surface area contributed by atoms with Crippen LogP contribution < -0.4 is 11.1 Å². The molecule has 0 aliphatic rings. The van der Waals surface area contributed by atoms with Crippen LogP contribution in [0, 0.1) is 0 Å². The molecule has 21 heavy (non-hydrogen) atoms. The zero-order valence-corrected chi connectivity index (χ0v) is 12.2. The van der Waals surface area contributed by atoms with Crippen LogP contribution in [0.25, 0.3) is 0 Å². The lowest BCUT2D eigenvalue weighted by atomic mass is 10.1. The lowest BCUT2D eigenvalue weighted by Gasteiger charge is -2.09. The quantitative estimate of drug-likeness (QED) is 0.502. The van der Waals surface area contributed by atoms with Crippen molar-refractivity contribution in [2.24, 2.45) is 0 Å². The molecule has 7 heteroatoms. The minimum Gasteiger partial charge on any atom is -0.506 e. The molecule has 2 aromatic carbocycles. The van der Waals surface area contributed by atoms with E-state index in [-0.39, 0.29) is 17.0 Å². The molecule has 0 atom stereocenters. The van der Waals surface area contributed by atoms with Gasteiger partial charge in [-0.1, -0.05) is 0 Å². The van der Waals surface area contributed by atoms with E-state index in [4.69, 9.17) is 10.8 Å². The number of nitrogens with one attached hydrogen (secondary N) is 1. The highest BCUT2D eigenvalue weighted by Gasteiger charge is 2.12. The van der Waals surface area contributed by atoms with Crippen LogP contribution in [0.15, 0.2) is 40.9 Å². The van der Waals surface area contributed by atoms with Gasteiger partial charge < -0.3 is 21.3 Å². The first-order valence-electron chi connectivity index (χ1n) is 5.81. The van der Waals surface area contributed by atoms with E-state index in [0.29, 0.717) is 15.7 Å². The number of hydrogen-bond acceptors (Lipinski definition) is 4. The molecule has 0 aliphatic heterocycles. The first-order valence-corrected chi connectivity index (χ1v) is 6.60. The van der Waals surface area contributed by atoms with Crippen LogP contribution in [0.4, 0.5) is 11.4 Å². The normalized spacial score (nSPS) is 10.1. The number of aromatic hydroxyl groups is 1. The van der Waals surface area contributed by atoms with E-state index in [1.54, 1.807) is 6.07 Å². The van der Waals surface area contributed by atoms with Gasteiger partial charge in [0.15, 0.2) is 0 Å². The highest BCUT2D eigenvalue weighted by Crippen LogP contribution is 2.26. The molecule has 2 rings (SSSR count). The fraction of sp³-hybridized carbons (Fsp3) is 0. The molecule has 0 aromatic heterocycles. The van der Waals surface area contributed by atoms with Gasteiger partial charge in [-0.05, 0) is 52.3 Å². The van der Waals surface area contributed by atoms with Crippen molar-refractivity contribution in [3.8, 4) is 5.75 Å². The molecule has 2 aromatic rings. The Hall–Kier alpha value is -2.54. The molecule has 0 spiro atoms. The molecule has 0 fully saturated rings. The lowest BCUT2D eigenvalue weighted by Crippen LogP contribution is -2.13. The number of nitrogens with two attached hydrogens (primary N) is 1. The van der Waals surface area contributed by atoms with E-state index < -0.39 is 11.9 Å². The molecule has 0 unspecified atom stereocenters. The zero-order valence-electron chi connectivity index (χ0n) is 10.6. The summed E-state index contributed by atoms with van der Waals surface area (Å²) in [5, 5.41) is 21.0. The maximum atomic E-state index is 12.1. The fourth-order valence-corrected chi connectivity index (χ4v) is 2.01. The van der Waals surface area contributed by atoms with Crippen molar-refractivity contribution in [2.45, 2.75) is 0 Å². The van der Waals surface area contributed by atoms with Crippen molar-refractivity contribution < 1.29 is 19.8 Å². The van der Waals surface area contributed by atoms with Crippen LogP contribution in [0.5, 0.6) is 5.75 Å². The summed E-state index contributed by atoms with van der Waals surface area (Å²) in [5.41, 5.74) is 6.42. The minimum atomic E-state index is -1.15. The molecule has 0 bridgehead atoms. The number of aromatic carboxylic acids is 1. The number of carbonyl (C=O) groups is 2. The Kier molecular flexibility index (Phi) is 4.13. The van der Waals surface area contributed by atoms with E-state index in [2.05, 4.69) is 21.2 Å². The van der Waals surface area contributed by atoms with Gasteiger partial charge in [-0.2, -0.15) is 0 Å². The number of halogens is 1. The average molecular weight is 351 g/mol. The maximum absolute atomic E-state index is 12.1. The molecule has 5 N–H and O–H groups in total. The maximum Gasteiger partial charge on any atom is 0.335 e. The number of hydrogen-bond donors (Lipinski definition) is 4. The summed E-state index contributed by atoms with van der Waals surface area (Å²) in [6, 6.07) is 8.25. The van der Waals surface area contributed by atoms with Gasteiger partial charge in [-0.25, -0.2) is 4.79 Å². The van der Waals surface area contributed by atoms with Crippen molar-refractivity contribution in [3.05, 3.63) is 52.0 Å².